The maximum atomic E-state index is 6.00. The van der Waals surface area contributed by atoms with Crippen molar-refractivity contribution < 1.29 is 4.74 Å². The van der Waals surface area contributed by atoms with E-state index in [1.165, 1.54) is 8.20 Å². The van der Waals surface area contributed by atoms with Gasteiger partial charge < -0.3 is 15.9 Å². The molecule has 0 saturated heterocycles. The zero-order chi connectivity index (χ0) is 14.9. The first-order valence-corrected chi connectivity index (χ1v) is 7.83. The van der Waals surface area contributed by atoms with Gasteiger partial charge in [0.1, 0.15) is 0 Å². The maximum absolute atomic E-state index is 6.00. The Morgan fingerprint density at radius 2 is 2.00 bits per heavy atom. The van der Waals surface area contributed by atoms with Crippen LogP contribution in [0.5, 0.6) is 0 Å². The number of hydrogen-bond donors (Lipinski definition) is 2. The van der Waals surface area contributed by atoms with E-state index in [0.717, 1.165) is 25.1 Å². The molecule has 0 bridgehead atoms. The maximum Gasteiger partial charge on any atom is 0.0750 e. The van der Waals surface area contributed by atoms with Crippen molar-refractivity contribution in [3.05, 3.63) is 0 Å². The lowest BCUT2D eigenvalue weighted by Crippen LogP contribution is -2.39. The number of ether oxygens (including phenoxy) is 1. The highest BCUT2D eigenvalue weighted by molar-refractivity contribution is 7.42. The van der Waals surface area contributed by atoms with Crippen LogP contribution in [0.15, 0.2) is 5.10 Å². The Labute approximate surface area is 120 Å². The van der Waals surface area contributed by atoms with E-state index in [1.807, 2.05) is 7.05 Å². The summed E-state index contributed by atoms with van der Waals surface area (Å²) in [6, 6.07) is 0. The molecular weight excluding hydrogens is 257 g/mol. The highest BCUT2D eigenvalue weighted by Gasteiger charge is 2.23. The lowest BCUT2D eigenvalue weighted by molar-refractivity contribution is -0.0228. The first-order chi connectivity index (χ1) is 8.76. The third kappa shape index (κ3) is 9.15. The summed E-state index contributed by atoms with van der Waals surface area (Å²) >= 11 is 0. The molecule has 112 valence electrons. The van der Waals surface area contributed by atoms with Crippen molar-refractivity contribution in [1.29, 1.82) is 0 Å². The van der Waals surface area contributed by atoms with E-state index in [-0.39, 0.29) is 10.8 Å². The van der Waals surface area contributed by atoms with Crippen molar-refractivity contribution in [1.82, 2.24) is 5.32 Å². The van der Waals surface area contributed by atoms with Crippen LogP contribution in [0.25, 0.3) is 0 Å². The topological polar surface area (TPSA) is 59.6 Å². The fourth-order valence-electron chi connectivity index (χ4n) is 1.55. The van der Waals surface area contributed by atoms with E-state index in [0.29, 0.717) is 6.61 Å². The Kier molecular flexibility index (Phi) is 8.47. The minimum atomic E-state index is -0.143. The van der Waals surface area contributed by atoms with Crippen molar-refractivity contribution in [2.75, 3.05) is 20.2 Å². The standard InChI is InChI=1S/C14H30N3OP/c1-7-8-12(17-15)9-19-14(4,5)11-18-13(2,3)10-16-6/h9,16H,7-8,10-11,15H2,1-6H3. The summed E-state index contributed by atoms with van der Waals surface area (Å²) in [6.45, 7) is 12.3. The summed E-state index contributed by atoms with van der Waals surface area (Å²) in [5.41, 5.74) is 0.835. The van der Waals surface area contributed by atoms with E-state index in [2.05, 4.69) is 50.8 Å². The fourth-order valence-corrected chi connectivity index (χ4v) is 2.39. The Hall–Kier alpha value is -0.440. The van der Waals surface area contributed by atoms with Gasteiger partial charge >= 0.3 is 0 Å². The first kappa shape index (κ1) is 18.6. The van der Waals surface area contributed by atoms with Crippen molar-refractivity contribution >= 4 is 19.7 Å². The number of hydrazone groups is 1. The molecule has 0 saturated carbocycles. The molecule has 5 heteroatoms. The Bertz CT molecular complexity index is 312. The van der Waals surface area contributed by atoms with Gasteiger partial charge in [-0.3, -0.25) is 0 Å². The molecule has 0 unspecified atom stereocenters. The molecule has 3 N–H and O–H groups in total. The normalized spacial score (nSPS) is 14.3. The van der Waals surface area contributed by atoms with Gasteiger partial charge in [0.05, 0.1) is 17.9 Å². The summed E-state index contributed by atoms with van der Waals surface area (Å²) < 4.78 is 6.00. The molecule has 0 rings (SSSR count). The van der Waals surface area contributed by atoms with E-state index in [9.17, 15) is 0 Å². The van der Waals surface area contributed by atoms with Crippen LogP contribution in [0.2, 0.25) is 0 Å². The van der Waals surface area contributed by atoms with Gasteiger partial charge in [0.15, 0.2) is 0 Å². The van der Waals surface area contributed by atoms with Crippen LogP contribution < -0.4 is 11.2 Å². The average Bonchev–Trinajstić information content (AvgIpc) is 2.32. The lowest BCUT2D eigenvalue weighted by Gasteiger charge is -2.30. The second-order valence-electron chi connectivity index (χ2n) is 6.02. The molecule has 0 radical (unpaired) electrons. The van der Waals surface area contributed by atoms with Crippen molar-refractivity contribution in [2.45, 2.75) is 58.2 Å². The molecule has 0 aromatic carbocycles. The smallest absolute Gasteiger partial charge is 0.0750 e. The number of nitrogens with two attached hydrogens (primary N) is 1. The third-order valence-electron chi connectivity index (χ3n) is 2.65. The largest absolute Gasteiger partial charge is 0.373 e. The van der Waals surface area contributed by atoms with Crippen molar-refractivity contribution in [2.24, 2.45) is 10.9 Å². The monoisotopic (exact) mass is 287 g/mol. The summed E-state index contributed by atoms with van der Waals surface area (Å²) in [5, 5.41) is 7.04. The van der Waals surface area contributed by atoms with Gasteiger partial charge in [0, 0.05) is 11.7 Å². The lowest BCUT2D eigenvalue weighted by atomic mass is 10.1. The number of nitrogens with zero attached hydrogens (tertiary/aromatic N) is 1. The summed E-state index contributed by atoms with van der Waals surface area (Å²) in [6.07, 6.45) is 2.00. The molecule has 0 aromatic heterocycles. The second kappa shape index (κ2) is 8.68. The predicted molar refractivity (Wildman–Crippen MR) is 87.6 cm³/mol. The van der Waals surface area contributed by atoms with Crippen LogP contribution in [0.4, 0.5) is 0 Å². The molecule has 19 heavy (non-hydrogen) atoms. The number of likely N-dealkylation sites (N-methyl/N-ethyl adjacent to an activating group) is 1. The van der Waals surface area contributed by atoms with Crippen LogP contribution in [-0.4, -0.2) is 42.5 Å². The van der Waals surface area contributed by atoms with Gasteiger partial charge in [-0.15, -0.1) is 0 Å². The van der Waals surface area contributed by atoms with Crippen LogP contribution in [0, 0.1) is 0 Å². The van der Waals surface area contributed by atoms with Gasteiger partial charge in [-0.1, -0.05) is 21.5 Å². The molecule has 0 heterocycles. The molecular formula is C14H30N3OP. The van der Waals surface area contributed by atoms with Gasteiger partial charge in [-0.25, -0.2) is 0 Å². The molecule has 0 spiro atoms. The number of nitrogens with one attached hydrogen (secondary N) is 1. The first-order valence-electron chi connectivity index (χ1n) is 6.87. The van der Waals surface area contributed by atoms with Crippen molar-refractivity contribution in [3.8, 4) is 0 Å². The van der Waals surface area contributed by atoms with Crippen LogP contribution in [-0.2, 0) is 4.74 Å². The highest BCUT2D eigenvalue weighted by atomic mass is 31.1. The second-order valence-corrected chi connectivity index (χ2v) is 7.75. The zero-order valence-electron chi connectivity index (χ0n) is 13.3. The third-order valence-corrected chi connectivity index (χ3v) is 3.91. The molecule has 0 aromatic rings. The van der Waals surface area contributed by atoms with Crippen LogP contribution in [0.1, 0.15) is 47.5 Å². The Morgan fingerprint density at radius 3 is 2.47 bits per heavy atom. The van der Waals surface area contributed by atoms with E-state index < -0.39 is 0 Å². The quantitative estimate of drug-likeness (QED) is 0.297. The molecule has 4 nitrogen and oxygen atoms in total. The molecule has 0 aliphatic carbocycles. The fraction of sp³-hybridized carbons (Fsp3) is 0.857. The minimum Gasteiger partial charge on any atom is -0.373 e. The molecule has 0 aliphatic heterocycles. The summed E-state index contributed by atoms with van der Waals surface area (Å²) in [5.74, 6) is 7.49. The highest BCUT2D eigenvalue weighted by Crippen LogP contribution is 2.25. The number of rotatable bonds is 9. The Balaban J connectivity index is 4.43. The van der Waals surface area contributed by atoms with Gasteiger partial charge in [-0.05, 0) is 47.0 Å². The number of hydrogen-bond acceptors (Lipinski definition) is 4. The van der Waals surface area contributed by atoms with Crippen molar-refractivity contribution in [3.63, 3.8) is 0 Å². The SMILES string of the molecule is CCCC(C=PC(C)(C)COC(C)(C)CNC)=NN. The molecule has 0 amide bonds. The van der Waals surface area contributed by atoms with Gasteiger partial charge in [0.2, 0.25) is 0 Å². The summed E-state index contributed by atoms with van der Waals surface area (Å²) in [4.78, 5) is 0. The average molecular weight is 287 g/mol. The van der Waals surface area contributed by atoms with Crippen LogP contribution in [0.3, 0.4) is 0 Å². The van der Waals surface area contributed by atoms with Gasteiger partial charge in [-0.2, -0.15) is 5.10 Å². The van der Waals surface area contributed by atoms with Crippen LogP contribution >= 0.6 is 8.20 Å². The molecule has 0 aliphatic rings. The zero-order valence-corrected chi connectivity index (χ0v) is 14.2. The minimum absolute atomic E-state index is 0.0642. The predicted octanol–water partition coefficient (Wildman–Crippen LogP) is 2.64. The van der Waals surface area contributed by atoms with E-state index >= 15 is 0 Å². The Morgan fingerprint density at radius 1 is 1.37 bits per heavy atom. The molecule has 0 fully saturated rings. The van der Waals surface area contributed by atoms with E-state index in [1.54, 1.807) is 0 Å². The summed E-state index contributed by atoms with van der Waals surface area (Å²) in [7, 11) is 3.14. The molecule has 0 atom stereocenters. The van der Waals surface area contributed by atoms with Gasteiger partial charge in [0.25, 0.3) is 0 Å². The van der Waals surface area contributed by atoms with E-state index in [4.69, 9.17) is 10.6 Å².